The third-order valence-corrected chi connectivity index (χ3v) is 7.23. The number of rotatable bonds is 9. The van der Waals surface area contributed by atoms with Crippen LogP contribution >= 0.6 is 22.7 Å². The summed E-state index contributed by atoms with van der Waals surface area (Å²) in [6.07, 6.45) is 0.419. The van der Waals surface area contributed by atoms with Gasteiger partial charge in [-0.3, -0.25) is 14.1 Å². The molecule has 0 unspecified atom stereocenters. The van der Waals surface area contributed by atoms with Gasteiger partial charge in [-0.15, -0.1) is 22.7 Å². The summed E-state index contributed by atoms with van der Waals surface area (Å²) in [6.45, 7) is 0. The number of hydrogen-bond acceptors (Lipinski definition) is 6. The van der Waals surface area contributed by atoms with E-state index >= 15 is 0 Å². The molecule has 4 rings (SSSR count). The van der Waals surface area contributed by atoms with E-state index in [1.165, 1.54) is 35.6 Å². The van der Waals surface area contributed by atoms with Crippen LogP contribution < -0.4 is 10.0 Å². The van der Waals surface area contributed by atoms with Crippen LogP contribution in [0.3, 0.4) is 0 Å². The predicted molar refractivity (Wildman–Crippen MR) is 132 cm³/mol. The Morgan fingerprint density at radius 2 is 1.85 bits per heavy atom. The third kappa shape index (κ3) is 6.70. The highest BCUT2D eigenvalue weighted by atomic mass is 32.2. The lowest BCUT2D eigenvalue weighted by atomic mass is 10.0. The summed E-state index contributed by atoms with van der Waals surface area (Å²) in [5.74, 6) is -0.675. The van der Waals surface area contributed by atoms with E-state index in [1.807, 2.05) is 27.6 Å². The van der Waals surface area contributed by atoms with Crippen LogP contribution in [0.2, 0.25) is 0 Å². The minimum absolute atomic E-state index is 0.0212. The summed E-state index contributed by atoms with van der Waals surface area (Å²) < 4.78 is 46.5. The maximum absolute atomic E-state index is 13.5. The van der Waals surface area contributed by atoms with E-state index < -0.39 is 22.2 Å². The maximum atomic E-state index is 13.5. The highest BCUT2D eigenvalue weighted by Crippen LogP contribution is 2.31. The van der Waals surface area contributed by atoms with Crippen LogP contribution in [0.1, 0.15) is 22.9 Å². The van der Waals surface area contributed by atoms with E-state index in [-0.39, 0.29) is 18.0 Å². The van der Waals surface area contributed by atoms with Crippen molar-refractivity contribution < 1.29 is 22.2 Å². The van der Waals surface area contributed by atoms with Crippen molar-refractivity contribution in [3.05, 3.63) is 94.1 Å². The molecule has 0 spiro atoms. The Morgan fingerprint density at radius 1 is 1.06 bits per heavy atom. The standard InChI is InChI=1S/C23H20FN3O4S3/c24-17-4-1-3-16(11-17)13-22(28)25-19(20-14-33-23(26-20)21-5-2-10-32-21)12-15-6-8-18(9-7-15)27-34(29,30)31/h1-11,14,19,27H,12-13H2,(H,25,28)(H,29,30,31)/t19-/m0/s1. The molecule has 0 bridgehead atoms. The summed E-state index contributed by atoms with van der Waals surface area (Å²) in [4.78, 5) is 18.5. The number of anilines is 1. The van der Waals surface area contributed by atoms with Crippen molar-refractivity contribution in [1.29, 1.82) is 0 Å². The molecule has 0 aliphatic heterocycles. The van der Waals surface area contributed by atoms with Gasteiger partial charge in [0.2, 0.25) is 5.91 Å². The Morgan fingerprint density at radius 3 is 2.53 bits per heavy atom. The molecule has 1 amide bonds. The molecule has 4 aromatic rings. The molecular weight excluding hydrogens is 497 g/mol. The highest BCUT2D eigenvalue weighted by Gasteiger charge is 2.20. The van der Waals surface area contributed by atoms with Gasteiger partial charge < -0.3 is 5.32 Å². The second-order valence-electron chi connectivity index (χ2n) is 7.46. The lowest BCUT2D eigenvalue weighted by Gasteiger charge is -2.18. The van der Waals surface area contributed by atoms with Crippen molar-refractivity contribution in [3.63, 3.8) is 0 Å². The second kappa shape index (κ2) is 10.4. The summed E-state index contributed by atoms with van der Waals surface area (Å²) in [6, 6.07) is 15.8. The molecule has 34 heavy (non-hydrogen) atoms. The van der Waals surface area contributed by atoms with Crippen molar-refractivity contribution in [2.75, 3.05) is 4.72 Å². The van der Waals surface area contributed by atoms with Crippen LogP contribution in [0.5, 0.6) is 0 Å². The number of carbonyl (C=O) groups is 1. The van der Waals surface area contributed by atoms with Gasteiger partial charge in [0, 0.05) is 5.38 Å². The quantitative estimate of drug-likeness (QED) is 0.275. The van der Waals surface area contributed by atoms with Crippen LogP contribution in [0.15, 0.2) is 71.4 Å². The van der Waals surface area contributed by atoms with E-state index in [9.17, 15) is 17.6 Å². The first kappa shape index (κ1) is 24.0. The number of thiophene rings is 1. The predicted octanol–water partition coefficient (Wildman–Crippen LogP) is 4.87. The van der Waals surface area contributed by atoms with Gasteiger partial charge in [-0.2, -0.15) is 8.42 Å². The fourth-order valence-corrected chi connectivity index (χ4v) is 5.48. The molecule has 176 valence electrons. The average Bonchev–Trinajstić information content (AvgIpc) is 3.46. The Balaban J connectivity index is 1.54. The monoisotopic (exact) mass is 517 g/mol. The smallest absolute Gasteiger partial charge is 0.347 e. The topological polar surface area (TPSA) is 108 Å². The number of aromatic nitrogens is 1. The normalized spacial score (nSPS) is 12.3. The molecule has 2 aromatic carbocycles. The molecule has 3 N–H and O–H groups in total. The largest absolute Gasteiger partial charge is 0.357 e. The Labute approximate surface area is 204 Å². The zero-order valence-electron chi connectivity index (χ0n) is 17.6. The van der Waals surface area contributed by atoms with Crippen LogP contribution in [0.25, 0.3) is 9.88 Å². The lowest BCUT2D eigenvalue weighted by molar-refractivity contribution is -0.121. The Hall–Kier alpha value is -3.12. The van der Waals surface area contributed by atoms with Crippen molar-refractivity contribution in [3.8, 4) is 9.88 Å². The van der Waals surface area contributed by atoms with Crippen LogP contribution in [-0.4, -0.2) is 23.9 Å². The SMILES string of the molecule is O=C(Cc1cccc(F)c1)N[C@@H](Cc1ccc(NS(=O)(=O)O)cc1)c1csc(-c2cccs2)n1. The lowest BCUT2D eigenvalue weighted by Crippen LogP contribution is -2.31. The average molecular weight is 518 g/mol. The second-order valence-corrected chi connectivity index (χ2v) is 10.4. The summed E-state index contributed by atoms with van der Waals surface area (Å²) in [5.41, 5.74) is 2.30. The van der Waals surface area contributed by atoms with Crippen molar-refractivity contribution in [1.82, 2.24) is 10.3 Å². The van der Waals surface area contributed by atoms with Gasteiger partial charge in [-0.1, -0.05) is 30.3 Å². The van der Waals surface area contributed by atoms with Gasteiger partial charge in [0.15, 0.2) is 0 Å². The summed E-state index contributed by atoms with van der Waals surface area (Å²) in [5, 5.41) is 7.71. The fourth-order valence-electron chi connectivity index (χ4n) is 3.36. The van der Waals surface area contributed by atoms with Crippen molar-refractivity contribution in [2.45, 2.75) is 18.9 Å². The number of nitrogens with one attached hydrogen (secondary N) is 2. The Bertz CT molecular complexity index is 1370. The van der Waals surface area contributed by atoms with Gasteiger partial charge >= 0.3 is 10.3 Å². The maximum Gasteiger partial charge on any atom is 0.357 e. The van der Waals surface area contributed by atoms with Crippen molar-refractivity contribution in [2.24, 2.45) is 0 Å². The molecular formula is C23H20FN3O4S3. The summed E-state index contributed by atoms with van der Waals surface area (Å²) >= 11 is 3.06. The molecule has 0 radical (unpaired) electrons. The number of nitrogens with zero attached hydrogens (tertiary/aromatic N) is 1. The zero-order valence-corrected chi connectivity index (χ0v) is 20.1. The number of amides is 1. The number of halogens is 1. The molecule has 2 heterocycles. The minimum Gasteiger partial charge on any atom is -0.347 e. The third-order valence-electron chi connectivity index (χ3n) is 4.84. The minimum atomic E-state index is -4.36. The zero-order chi connectivity index (χ0) is 24.1. The first-order valence-electron chi connectivity index (χ1n) is 10.1. The number of benzene rings is 2. The molecule has 0 aliphatic carbocycles. The van der Waals surface area contributed by atoms with Crippen LogP contribution in [0, 0.1) is 5.82 Å². The molecule has 0 aliphatic rings. The van der Waals surface area contributed by atoms with E-state index in [0.29, 0.717) is 17.7 Å². The van der Waals surface area contributed by atoms with E-state index in [4.69, 9.17) is 9.54 Å². The molecule has 11 heteroatoms. The van der Waals surface area contributed by atoms with E-state index in [2.05, 4.69) is 5.32 Å². The van der Waals surface area contributed by atoms with E-state index in [1.54, 1.807) is 35.6 Å². The first-order chi connectivity index (χ1) is 16.2. The highest BCUT2D eigenvalue weighted by molar-refractivity contribution is 7.87. The van der Waals surface area contributed by atoms with Gasteiger partial charge in [-0.05, 0) is 53.3 Å². The van der Waals surface area contributed by atoms with Gasteiger partial charge in [0.05, 0.1) is 28.7 Å². The van der Waals surface area contributed by atoms with Gasteiger partial charge in [-0.25, -0.2) is 9.37 Å². The van der Waals surface area contributed by atoms with Crippen molar-refractivity contribution >= 4 is 44.6 Å². The number of hydrogen-bond donors (Lipinski definition) is 3. The number of carbonyl (C=O) groups excluding carboxylic acids is 1. The molecule has 0 fully saturated rings. The summed E-state index contributed by atoms with van der Waals surface area (Å²) in [7, 11) is -4.36. The molecule has 0 saturated heterocycles. The molecule has 2 aromatic heterocycles. The molecule has 7 nitrogen and oxygen atoms in total. The van der Waals surface area contributed by atoms with Gasteiger partial charge in [0.1, 0.15) is 10.8 Å². The van der Waals surface area contributed by atoms with E-state index in [0.717, 1.165) is 15.4 Å². The van der Waals surface area contributed by atoms with Crippen LogP contribution in [-0.2, 0) is 27.9 Å². The van der Waals surface area contributed by atoms with Crippen LogP contribution in [0.4, 0.5) is 10.1 Å². The fraction of sp³-hybridized carbons (Fsp3) is 0.130. The Kier molecular flexibility index (Phi) is 7.37. The number of thiazole rings is 1. The molecule has 0 saturated carbocycles. The van der Waals surface area contributed by atoms with Gasteiger partial charge in [0.25, 0.3) is 0 Å². The first-order valence-corrected chi connectivity index (χ1v) is 13.3. The molecule has 1 atom stereocenters.